The molecule has 0 bridgehead atoms. The fourth-order valence-electron chi connectivity index (χ4n) is 2.34. The molecule has 2 rings (SSSR count). The van der Waals surface area contributed by atoms with Gasteiger partial charge >= 0.3 is 16.3 Å². The van der Waals surface area contributed by atoms with E-state index in [0.717, 1.165) is 11.1 Å². The van der Waals surface area contributed by atoms with Crippen molar-refractivity contribution in [1.82, 2.24) is 0 Å². The van der Waals surface area contributed by atoms with Crippen LogP contribution in [0.15, 0.2) is 42.5 Å². The summed E-state index contributed by atoms with van der Waals surface area (Å²) in [5.74, 6) is 0.191. The first-order valence-corrected chi connectivity index (χ1v) is 11.9. The lowest BCUT2D eigenvalue weighted by atomic mass is 10.1. The average molecular weight is 546 g/mol. The highest BCUT2D eigenvalue weighted by Crippen LogP contribution is 2.32. The summed E-state index contributed by atoms with van der Waals surface area (Å²) in [5.41, 5.74) is 1.97. The quantitative estimate of drug-likeness (QED) is 0.273. The van der Waals surface area contributed by atoms with Crippen molar-refractivity contribution in [3.05, 3.63) is 53.6 Å². The first-order chi connectivity index (χ1) is 13.1. The zero-order valence-corrected chi connectivity index (χ0v) is 18.5. The second kappa shape index (κ2) is 9.98. The first kappa shape index (κ1) is 23.0. The molecule has 0 saturated heterocycles. The van der Waals surface area contributed by atoms with Gasteiger partial charge in [0.15, 0.2) is 0 Å². The van der Waals surface area contributed by atoms with E-state index < -0.39 is 34.9 Å². The smallest absolute Gasteiger partial charge is 0.389 e. The van der Waals surface area contributed by atoms with Crippen LogP contribution in [0, 0.1) is 0 Å². The van der Waals surface area contributed by atoms with E-state index in [1.807, 2.05) is 12.1 Å². The number of alkyl halides is 5. The van der Waals surface area contributed by atoms with Crippen LogP contribution in [0.3, 0.4) is 0 Å². The zero-order valence-electron chi connectivity index (χ0n) is 14.5. The standard InChI is InChI=1S/C18H17Br2F3O4S/c19-11-13-4-1-7-17(16(13)12-20)26-14-5-2-6-15(10-14)27-28(24,25)9-3-8-18(21,22)23/h1-2,4-7,10H,3,8-9,11-12H2. The molecule has 10 heteroatoms. The maximum absolute atomic E-state index is 12.2. The van der Waals surface area contributed by atoms with Crippen LogP contribution in [-0.4, -0.2) is 20.3 Å². The van der Waals surface area contributed by atoms with Crippen molar-refractivity contribution in [2.45, 2.75) is 29.7 Å². The SMILES string of the molecule is O=S(=O)(CCCC(F)(F)F)Oc1cccc(Oc2cccc(CBr)c2CBr)c1. The van der Waals surface area contributed by atoms with Crippen molar-refractivity contribution in [3.8, 4) is 17.2 Å². The molecule has 0 aliphatic carbocycles. The van der Waals surface area contributed by atoms with Gasteiger partial charge in [-0.05, 0) is 30.2 Å². The molecule has 28 heavy (non-hydrogen) atoms. The Morgan fingerprint density at radius 1 is 0.964 bits per heavy atom. The van der Waals surface area contributed by atoms with Gasteiger partial charge in [-0.25, -0.2) is 0 Å². The Kier molecular flexibility index (Phi) is 8.20. The Labute approximate surface area is 178 Å². The lowest BCUT2D eigenvalue weighted by Crippen LogP contribution is -2.16. The Bertz CT molecular complexity index is 902. The lowest BCUT2D eigenvalue weighted by molar-refractivity contribution is -0.134. The molecule has 0 atom stereocenters. The molecule has 154 valence electrons. The van der Waals surface area contributed by atoms with E-state index in [9.17, 15) is 21.6 Å². The molecule has 0 heterocycles. The van der Waals surface area contributed by atoms with Gasteiger partial charge in [0.2, 0.25) is 0 Å². The minimum Gasteiger partial charge on any atom is -0.457 e. The molecule has 2 aromatic carbocycles. The van der Waals surface area contributed by atoms with Gasteiger partial charge in [0.1, 0.15) is 17.2 Å². The summed E-state index contributed by atoms with van der Waals surface area (Å²) in [6.45, 7) is 0. The third-order valence-corrected chi connectivity index (χ3v) is 6.02. The fourth-order valence-corrected chi connectivity index (χ4v) is 4.48. The van der Waals surface area contributed by atoms with Crippen LogP contribution in [0.5, 0.6) is 17.2 Å². The summed E-state index contributed by atoms with van der Waals surface area (Å²) in [5, 5.41) is 1.21. The molecule has 0 aromatic heterocycles. The number of ether oxygens (including phenoxy) is 1. The minimum absolute atomic E-state index is 0.0263. The van der Waals surface area contributed by atoms with Crippen LogP contribution in [0.4, 0.5) is 13.2 Å². The van der Waals surface area contributed by atoms with Gasteiger partial charge in [0, 0.05) is 28.7 Å². The van der Waals surface area contributed by atoms with E-state index in [-0.39, 0.29) is 5.75 Å². The van der Waals surface area contributed by atoms with Crippen LogP contribution in [0.25, 0.3) is 0 Å². The maximum atomic E-state index is 12.2. The van der Waals surface area contributed by atoms with E-state index in [0.29, 0.717) is 22.2 Å². The van der Waals surface area contributed by atoms with Crippen molar-refractivity contribution in [2.75, 3.05) is 5.75 Å². The molecule has 0 saturated carbocycles. The average Bonchev–Trinajstić information content (AvgIpc) is 2.60. The van der Waals surface area contributed by atoms with Crippen LogP contribution in [0.1, 0.15) is 24.0 Å². The van der Waals surface area contributed by atoms with Crippen molar-refractivity contribution in [1.29, 1.82) is 0 Å². The number of hydrogen-bond donors (Lipinski definition) is 0. The number of benzene rings is 2. The summed E-state index contributed by atoms with van der Waals surface area (Å²) >= 11 is 6.83. The van der Waals surface area contributed by atoms with E-state index in [2.05, 4.69) is 31.9 Å². The van der Waals surface area contributed by atoms with Crippen molar-refractivity contribution in [3.63, 3.8) is 0 Å². The highest BCUT2D eigenvalue weighted by atomic mass is 79.9. The summed E-state index contributed by atoms with van der Waals surface area (Å²) < 4.78 is 71.1. The van der Waals surface area contributed by atoms with E-state index in [1.54, 1.807) is 12.1 Å². The molecule has 0 amide bonds. The number of hydrogen-bond acceptors (Lipinski definition) is 4. The van der Waals surface area contributed by atoms with E-state index >= 15 is 0 Å². The zero-order chi connectivity index (χ0) is 20.8. The van der Waals surface area contributed by atoms with Crippen LogP contribution >= 0.6 is 31.9 Å². The topological polar surface area (TPSA) is 52.6 Å². The van der Waals surface area contributed by atoms with Crippen LogP contribution in [0.2, 0.25) is 0 Å². The molecule has 0 radical (unpaired) electrons. The van der Waals surface area contributed by atoms with Gasteiger partial charge < -0.3 is 8.92 Å². The fraction of sp³-hybridized carbons (Fsp3) is 0.333. The van der Waals surface area contributed by atoms with Gasteiger partial charge in [0.25, 0.3) is 0 Å². The van der Waals surface area contributed by atoms with Crippen molar-refractivity contribution >= 4 is 42.0 Å². The third kappa shape index (κ3) is 7.29. The molecule has 0 fully saturated rings. The van der Waals surface area contributed by atoms with E-state index in [4.69, 9.17) is 8.92 Å². The predicted molar refractivity (Wildman–Crippen MR) is 108 cm³/mol. The van der Waals surface area contributed by atoms with Crippen LogP contribution in [-0.2, 0) is 20.8 Å². The van der Waals surface area contributed by atoms with Gasteiger partial charge in [-0.15, -0.1) is 0 Å². The summed E-state index contributed by atoms with van der Waals surface area (Å²) in [6, 6.07) is 11.5. The molecule has 0 aliphatic rings. The maximum Gasteiger partial charge on any atom is 0.389 e. The Morgan fingerprint density at radius 2 is 1.64 bits per heavy atom. The van der Waals surface area contributed by atoms with Gasteiger partial charge in [-0.1, -0.05) is 50.1 Å². The predicted octanol–water partition coefficient (Wildman–Crippen LogP) is 6.32. The molecule has 0 N–H and O–H groups in total. The van der Waals surface area contributed by atoms with Crippen LogP contribution < -0.4 is 8.92 Å². The summed E-state index contributed by atoms with van der Waals surface area (Å²) in [7, 11) is -4.14. The molecule has 0 unspecified atom stereocenters. The van der Waals surface area contributed by atoms with Gasteiger partial charge in [0.05, 0.1) is 5.75 Å². The molecule has 0 spiro atoms. The van der Waals surface area contributed by atoms with Gasteiger partial charge in [-0.3, -0.25) is 0 Å². The van der Waals surface area contributed by atoms with Gasteiger partial charge in [-0.2, -0.15) is 21.6 Å². The monoisotopic (exact) mass is 544 g/mol. The minimum atomic E-state index is -4.40. The molecule has 2 aromatic rings. The number of rotatable bonds is 9. The second-order valence-electron chi connectivity index (χ2n) is 5.80. The van der Waals surface area contributed by atoms with Crippen molar-refractivity contribution in [2.24, 2.45) is 0 Å². The molecular formula is C18H17Br2F3O4S. The largest absolute Gasteiger partial charge is 0.457 e. The second-order valence-corrected chi connectivity index (χ2v) is 8.61. The highest BCUT2D eigenvalue weighted by Gasteiger charge is 2.27. The third-order valence-electron chi connectivity index (χ3n) is 3.62. The molecular weight excluding hydrogens is 529 g/mol. The first-order valence-electron chi connectivity index (χ1n) is 8.13. The number of halogens is 5. The lowest BCUT2D eigenvalue weighted by Gasteiger charge is -2.14. The molecule has 0 aliphatic heterocycles. The highest BCUT2D eigenvalue weighted by molar-refractivity contribution is 9.09. The molecule has 4 nitrogen and oxygen atoms in total. The Hall–Kier alpha value is -1.26. The summed E-state index contributed by atoms with van der Waals surface area (Å²) in [6.07, 6.45) is -6.14. The normalized spacial score (nSPS) is 12.0. The Morgan fingerprint density at radius 3 is 2.29 bits per heavy atom. The Balaban J connectivity index is 2.10. The van der Waals surface area contributed by atoms with E-state index in [1.165, 1.54) is 18.2 Å². The summed E-state index contributed by atoms with van der Waals surface area (Å²) in [4.78, 5) is 0. The van der Waals surface area contributed by atoms with Crippen molar-refractivity contribution < 1.29 is 30.5 Å².